The minimum atomic E-state index is -0.0897. The molecule has 2 aromatic heterocycles. The number of benzene rings is 3. The second-order valence-electron chi connectivity index (χ2n) is 10.2. The maximum atomic E-state index is 12.5. The molecule has 0 radical (unpaired) electrons. The van der Waals surface area contributed by atoms with Crippen LogP contribution in [0.2, 0.25) is 0 Å². The topological polar surface area (TPSA) is 102 Å². The molecule has 0 fully saturated rings. The fourth-order valence-corrected chi connectivity index (χ4v) is 4.35. The molecule has 0 bridgehead atoms. The normalized spacial score (nSPS) is 11.6. The number of carbonyl (C=O) groups excluding carboxylic acids is 1. The van der Waals surface area contributed by atoms with Crippen molar-refractivity contribution in [1.29, 1.82) is 0 Å². The lowest BCUT2D eigenvalue weighted by molar-refractivity contribution is 0.0951. The molecule has 9 heteroatoms. The van der Waals surface area contributed by atoms with Gasteiger partial charge in [-0.15, -0.1) is 0 Å². The predicted molar refractivity (Wildman–Crippen MR) is 156 cm³/mol. The Balaban J connectivity index is 1.28. The van der Waals surface area contributed by atoms with Gasteiger partial charge in [0.1, 0.15) is 17.4 Å². The first-order valence-corrected chi connectivity index (χ1v) is 13.2. The number of amides is 1. The molecule has 3 aromatic carbocycles. The molecule has 5 rings (SSSR count). The number of nitrogens with one attached hydrogen (secondary N) is 3. The molecular formula is C30H35N7O2. The zero-order chi connectivity index (χ0) is 27.4. The maximum absolute atomic E-state index is 12.5. The van der Waals surface area contributed by atoms with E-state index in [1.54, 1.807) is 0 Å². The van der Waals surface area contributed by atoms with Crippen LogP contribution in [0.5, 0.6) is 5.75 Å². The molecule has 0 saturated carbocycles. The van der Waals surface area contributed by atoms with Gasteiger partial charge in [-0.1, -0.05) is 24.3 Å². The first-order chi connectivity index (χ1) is 18.9. The summed E-state index contributed by atoms with van der Waals surface area (Å²) in [5, 5.41) is 2.95. The highest BCUT2D eigenvalue weighted by Gasteiger charge is 2.12. The monoisotopic (exact) mass is 525 g/mol. The number of nitrogens with zero attached hydrogens (tertiary/aromatic N) is 4. The Bertz CT molecular complexity index is 1570. The Morgan fingerprint density at radius 3 is 2.00 bits per heavy atom. The van der Waals surface area contributed by atoms with Crippen LogP contribution in [0.4, 0.5) is 0 Å². The number of aromatic nitrogens is 4. The highest BCUT2D eigenvalue weighted by molar-refractivity contribution is 5.97. The average molecular weight is 526 g/mol. The van der Waals surface area contributed by atoms with Crippen LogP contribution in [-0.4, -0.2) is 90.1 Å². The molecule has 3 N–H and O–H groups in total. The van der Waals surface area contributed by atoms with Gasteiger partial charge in [0.05, 0.1) is 28.7 Å². The van der Waals surface area contributed by atoms with Crippen LogP contribution in [0, 0.1) is 0 Å². The quantitative estimate of drug-likeness (QED) is 0.221. The Labute approximate surface area is 228 Å². The lowest BCUT2D eigenvalue weighted by Crippen LogP contribution is -2.31. The van der Waals surface area contributed by atoms with Crippen molar-refractivity contribution in [2.24, 2.45) is 0 Å². The number of H-pyrrole nitrogens is 2. The lowest BCUT2D eigenvalue weighted by atomic mass is 10.1. The molecular weight excluding hydrogens is 490 g/mol. The maximum Gasteiger partial charge on any atom is 0.251 e. The third-order valence-electron chi connectivity index (χ3n) is 6.49. The van der Waals surface area contributed by atoms with Crippen molar-refractivity contribution >= 4 is 28.0 Å². The van der Waals surface area contributed by atoms with Gasteiger partial charge in [0.15, 0.2) is 0 Å². The van der Waals surface area contributed by atoms with Crippen molar-refractivity contribution in [3.8, 4) is 28.5 Å². The number of rotatable bonds is 11. The highest BCUT2D eigenvalue weighted by Crippen LogP contribution is 2.27. The van der Waals surface area contributed by atoms with E-state index in [9.17, 15) is 4.79 Å². The summed E-state index contributed by atoms with van der Waals surface area (Å²) in [6.07, 6.45) is 0.977. The van der Waals surface area contributed by atoms with Crippen LogP contribution in [-0.2, 0) is 0 Å². The summed E-state index contributed by atoms with van der Waals surface area (Å²) in [5.74, 6) is 2.30. The van der Waals surface area contributed by atoms with Crippen molar-refractivity contribution in [2.75, 3.05) is 54.4 Å². The van der Waals surface area contributed by atoms with Gasteiger partial charge in [-0.2, -0.15) is 0 Å². The fraction of sp³-hybridized carbons (Fsp3) is 0.300. The lowest BCUT2D eigenvalue weighted by Gasteiger charge is -2.10. The molecule has 9 nitrogen and oxygen atoms in total. The largest absolute Gasteiger partial charge is 0.493 e. The first kappa shape index (κ1) is 26.4. The van der Waals surface area contributed by atoms with E-state index in [0.717, 1.165) is 70.1 Å². The van der Waals surface area contributed by atoms with E-state index >= 15 is 0 Å². The van der Waals surface area contributed by atoms with E-state index in [4.69, 9.17) is 14.7 Å². The Morgan fingerprint density at radius 2 is 1.38 bits per heavy atom. The summed E-state index contributed by atoms with van der Waals surface area (Å²) >= 11 is 0. The summed E-state index contributed by atoms with van der Waals surface area (Å²) in [4.78, 5) is 32.9. The number of carbonyl (C=O) groups is 1. The van der Waals surface area contributed by atoms with Gasteiger partial charge < -0.3 is 29.8 Å². The molecule has 1 amide bonds. The van der Waals surface area contributed by atoms with Crippen LogP contribution in [0.25, 0.3) is 44.8 Å². The van der Waals surface area contributed by atoms with Gasteiger partial charge in [0, 0.05) is 42.4 Å². The van der Waals surface area contributed by atoms with Gasteiger partial charge in [-0.25, -0.2) is 9.97 Å². The molecule has 0 unspecified atom stereocenters. The molecule has 0 saturated heterocycles. The van der Waals surface area contributed by atoms with E-state index in [2.05, 4.69) is 34.3 Å². The summed E-state index contributed by atoms with van der Waals surface area (Å²) in [6, 6.07) is 19.6. The predicted octanol–water partition coefficient (Wildman–Crippen LogP) is 4.40. The van der Waals surface area contributed by atoms with Crippen molar-refractivity contribution in [3.63, 3.8) is 0 Å². The molecule has 0 aliphatic rings. The van der Waals surface area contributed by atoms with Crippen LogP contribution < -0.4 is 10.1 Å². The minimum Gasteiger partial charge on any atom is -0.493 e. The molecule has 39 heavy (non-hydrogen) atoms. The zero-order valence-electron chi connectivity index (χ0n) is 22.9. The van der Waals surface area contributed by atoms with E-state index in [1.165, 1.54) is 0 Å². The molecule has 5 aromatic rings. The number of ether oxygens (including phenoxy) is 1. The van der Waals surface area contributed by atoms with Crippen LogP contribution >= 0.6 is 0 Å². The van der Waals surface area contributed by atoms with Gasteiger partial charge in [-0.05, 0) is 64.9 Å². The molecule has 0 aliphatic carbocycles. The SMILES string of the molecule is CN(C)CCCOc1ccc2nc(-c3ccc(-c4nc5ccc(C(=O)NCCN(C)C)cc5[nH]4)cc3)[nH]c2c1. The second kappa shape index (κ2) is 11.7. The standard InChI is InChI=1S/C30H35N7O2/c1-36(2)15-5-17-39-23-11-13-25-27(19-23)35-29(33-25)21-8-6-20(7-9-21)28-32-24-12-10-22(18-26(24)34-28)30(38)31-14-16-37(3)4/h6-13,18-19H,5,14-17H2,1-4H3,(H,31,38)(H,32,34)(H,33,35). The average Bonchev–Trinajstić information content (AvgIpc) is 3.54. The summed E-state index contributed by atoms with van der Waals surface area (Å²) in [5.41, 5.74) is 6.03. The number of fused-ring (bicyclic) bond motifs is 2. The van der Waals surface area contributed by atoms with Crippen LogP contribution in [0.1, 0.15) is 16.8 Å². The first-order valence-electron chi connectivity index (χ1n) is 13.2. The number of imidazole rings is 2. The van der Waals surface area contributed by atoms with E-state index in [0.29, 0.717) is 18.7 Å². The van der Waals surface area contributed by atoms with E-state index in [1.807, 2.05) is 79.7 Å². The number of likely N-dealkylation sites (N-methyl/N-ethyl adjacent to an activating group) is 1. The Kier molecular flexibility index (Phi) is 7.90. The minimum absolute atomic E-state index is 0.0897. The van der Waals surface area contributed by atoms with Crippen molar-refractivity contribution in [1.82, 2.24) is 35.1 Å². The van der Waals surface area contributed by atoms with Crippen molar-refractivity contribution in [2.45, 2.75) is 6.42 Å². The third kappa shape index (κ3) is 6.45. The molecule has 0 spiro atoms. The highest BCUT2D eigenvalue weighted by atomic mass is 16.5. The second-order valence-corrected chi connectivity index (χ2v) is 10.2. The fourth-order valence-electron chi connectivity index (χ4n) is 4.35. The van der Waals surface area contributed by atoms with Gasteiger partial charge >= 0.3 is 0 Å². The molecule has 0 atom stereocenters. The summed E-state index contributed by atoms with van der Waals surface area (Å²) in [6.45, 7) is 3.07. The molecule has 0 aliphatic heterocycles. The number of aromatic amines is 2. The zero-order valence-corrected chi connectivity index (χ0v) is 22.9. The van der Waals surface area contributed by atoms with Gasteiger partial charge in [-0.3, -0.25) is 4.79 Å². The molecule has 2 heterocycles. The smallest absolute Gasteiger partial charge is 0.251 e. The van der Waals surface area contributed by atoms with Crippen molar-refractivity contribution < 1.29 is 9.53 Å². The Morgan fingerprint density at radius 1 is 0.795 bits per heavy atom. The third-order valence-corrected chi connectivity index (χ3v) is 6.49. The van der Waals surface area contributed by atoms with E-state index in [-0.39, 0.29) is 5.91 Å². The van der Waals surface area contributed by atoms with Crippen LogP contribution in [0.15, 0.2) is 60.7 Å². The summed E-state index contributed by atoms with van der Waals surface area (Å²) in [7, 11) is 8.09. The Hall–Kier alpha value is -4.21. The van der Waals surface area contributed by atoms with Gasteiger partial charge in [0.25, 0.3) is 5.91 Å². The van der Waals surface area contributed by atoms with Gasteiger partial charge in [0.2, 0.25) is 0 Å². The van der Waals surface area contributed by atoms with Crippen LogP contribution in [0.3, 0.4) is 0 Å². The number of hydrogen-bond donors (Lipinski definition) is 3. The van der Waals surface area contributed by atoms with E-state index < -0.39 is 0 Å². The molecule has 202 valence electrons. The van der Waals surface area contributed by atoms with Crippen molar-refractivity contribution in [3.05, 3.63) is 66.2 Å². The summed E-state index contributed by atoms with van der Waals surface area (Å²) < 4.78 is 5.91. The number of hydrogen-bond acceptors (Lipinski definition) is 6.